The molecule has 0 atom stereocenters. The average Bonchev–Trinajstić information content (AvgIpc) is 2.62. The minimum Gasteiger partial charge on any atom is -0.454 e. The second kappa shape index (κ2) is 5.09. The normalized spacial score (nSPS) is 11.8. The number of carbonyl (C=O) groups excluding carboxylic acids is 1. The zero-order valence-corrected chi connectivity index (χ0v) is 9.23. The van der Waals surface area contributed by atoms with Crippen LogP contribution in [0.15, 0.2) is 18.2 Å². The maximum absolute atomic E-state index is 10.5. The highest BCUT2D eigenvalue weighted by molar-refractivity contribution is 6.64. The quantitative estimate of drug-likeness (QED) is 0.833. The molecule has 1 aliphatic rings. The number of halogens is 2. The summed E-state index contributed by atoms with van der Waals surface area (Å²) in [6.07, 6.45) is 0. The fourth-order valence-corrected chi connectivity index (χ4v) is 1.30. The van der Waals surface area contributed by atoms with Crippen LogP contribution in [0, 0.1) is 0 Å². The molecule has 1 aromatic rings. The molecule has 0 aromatic heterocycles. The number of benzene rings is 1. The number of nitrogens with one attached hydrogen (secondary N) is 1. The van der Waals surface area contributed by atoms with Crippen molar-refractivity contribution in [3.8, 4) is 11.5 Å². The van der Waals surface area contributed by atoms with Crippen molar-refractivity contribution < 1.29 is 14.3 Å². The highest BCUT2D eigenvalue weighted by atomic mass is 35.5. The second-order valence-electron chi connectivity index (χ2n) is 2.75. The van der Waals surface area contributed by atoms with Gasteiger partial charge in [0.05, 0.1) is 12.2 Å². The van der Waals surface area contributed by atoms with Crippen LogP contribution in [-0.2, 0) is 4.79 Å². The van der Waals surface area contributed by atoms with Gasteiger partial charge in [-0.1, -0.05) is 6.07 Å². The summed E-state index contributed by atoms with van der Waals surface area (Å²) in [6, 6.07) is 5.41. The van der Waals surface area contributed by atoms with Crippen molar-refractivity contribution >= 4 is 34.9 Å². The lowest BCUT2D eigenvalue weighted by molar-refractivity contribution is -0.110. The number of hydrogen-bond acceptors (Lipinski definition) is 4. The molecule has 0 spiro atoms. The average molecular weight is 250 g/mol. The van der Waals surface area contributed by atoms with Gasteiger partial charge >= 0.3 is 0 Å². The van der Waals surface area contributed by atoms with Crippen molar-refractivity contribution in [2.45, 2.75) is 0 Å². The highest BCUT2D eigenvalue weighted by Gasteiger charge is 2.16. The van der Waals surface area contributed by atoms with Crippen LogP contribution in [0.2, 0.25) is 0 Å². The van der Waals surface area contributed by atoms with Gasteiger partial charge in [0.2, 0.25) is 12.0 Å². The van der Waals surface area contributed by atoms with Gasteiger partial charge in [-0.05, 0) is 23.7 Å². The molecule has 1 N–H and O–H groups in total. The van der Waals surface area contributed by atoms with Crippen molar-refractivity contribution in [3.63, 3.8) is 0 Å². The molecule has 0 aliphatic carbocycles. The van der Waals surface area contributed by atoms with Crippen LogP contribution in [0.25, 0.3) is 0 Å². The topological polar surface area (TPSA) is 47.6 Å². The van der Waals surface area contributed by atoms with E-state index in [1.807, 2.05) is 6.07 Å². The van der Waals surface area contributed by atoms with E-state index in [1.165, 1.54) is 0 Å². The van der Waals surface area contributed by atoms with E-state index >= 15 is 0 Å². The van der Waals surface area contributed by atoms with Crippen molar-refractivity contribution in [1.29, 1.82) is 0 Å². The molecule has 4 nitrogen and oxygen atoms in total. The van der Waals surface area contributed by atoms with E-state index in [2.05, 4.69) is 5.32 Å². The summed E-state index contributed by atoms with van der Waals surface area (Å²) in [5, 5.41) is 2.41. The standard InChI is InChI=1S/C9H8ClNO3.ClH/c10-8(12)4-11-6-2-1-3-7-9(6)14-5-13-7;/h1-3,11H,4-5H2;1H. The van der Waals surface area contributed by atoms with Gasteiger partial charge in [-0.15, -0.1) is 12.4 Å². The minimum atomic E-state index is -0.443. The van der Waals surface area contributed by atoms with Crippen molar-refractivity contribution in [2.24, 2.45) is 0 Å². The summed E-state index contributed by atoms with van der Waals surface area (Å²) in [5.41, 5.74) is 0.717. The monoisotopic (exact) mass is 249 g/mol. The molecule has 0 unspecified atom stereocenters. The molecule has 15 heavy (non-hydrogen) atoms. The van der Waals surface area contributed by atoms with E-state index in [0.29, 0.717) is 17.2 Å². The van der Waals surface area contributed by atoms with E-state index in [4.69, 9.17) is 21.1 Å². The first-order valence-electron chi connectivity index (χ1n) is 4.08. The molecule has 82 valence electrons. The van der Waals surface area contributed by atoms with Crippen molar-refractivity contribution in [3.05, 3.63) is 18.2 Å². The van der Waals surface area contributed by atoms with Gasteiger partial charge in [0.25, 0.3) is 0 Å². The minimum absolute atomic E-state index is 0. The first kappa shape index (κ1) is 11.9. The van der Waals surface area contributed by atoms with E-state index < -0.39 is 5.24 Å². The summed E-state index contributed by atoms with van der Waals surface area (Å²) in [6.45, 7) is 0.282. The van der Waals surface area contributed by atoms with Crippen molar-refractivity contribution in [2.75, 3.05) is 18.7 Å². The van der Waals surface area contributed by atoms with Gasteiger partial charge in [-0.2, -0.15) is 0 Å². The SMILES string of the molecule is Cl.O=C(Cl)CNc1cccc2c1OCO2. The molecule has 0 amide bonds. The van der Waals surface area contributed by atoms with Crippen LogP contribution in [0.4, 0.5) is 5.69 Å². The molecule has 1 heterocycles. The molecule has 2 rings (SSSR count). The Kier molecular flexibility index (Phi) is 4.05. The summed E-state index contributed by atoms with van der Waals surface area (Å²) < 4.78 is 10.4. The fourth-order valence-electron chi connectivity index (χ4n) is 1.23. The van der Waals surface area contributed by atoms with Crippen LogP contribution >= 0.6 is 24.0 Å². The van der Waals surface area contributed by atoms with E-state index in [9.17, 15) is 4.79 Å². The Morgan fingerprint density at radius 2 is 2.27 bits per heavy atom. The number of hydrogen-bond donors (Lipinski definition) is 1. The lowest BCUT2D eigenvalue weighted by Gasteiger charge is -2.06. The summed E-state index contributed by atoms with van der Waals surface area (Å²) >= 11 is 5.21. The Balaban J connectivity index is 0.00000112. The molecule has 0 fully saturated rings. The number of carbonyl (C=O) groups is 1. The number of ether oxygens (including phenoxy) is 2. The number of fused-ring (bicyclic) bond motifs is 1. The Morgan fingerprint density at radius 3 is 3.00 bits per heavy atom. The predicted molar refractivity (Wildman–Crippen MR) is 59.2 cm³/mol. The first-order valence-corrected chi connectivity index (χ1v) is 4.46. The van der Waals surface area contributed by atoms with E-state index in [1.54, 1.807) is 12.1 Å². The van der Waals surface area contributed by atoms with Crippen LogP contribution in [0.3, 0.4) is 0 Å². The van der Waals surface area contributed by atoms with Gasteiger partial charge in [-0.3, -0.25) is 4.79 Å². The third kappa shape index (κ3) is 2.67. The summed E-state index contributed by atoms with van der Waals surface area (Å²) in [5.74, 6) is 1.31. The van der Waals surface area contributed by atoms with E-state index in [-0.39, 0.29) is 25.7 Å². The summed E-state index contributed by atoms with van der Waals surface area (Å²) in [7, 11) is 0. The molecule has 6 heteroatoms. The molecular formula is C9H9Cl2NO3. The van der Waals surface area contributed by atoms with Crippen LogP contribution in [0.5, 0.6) is 11.5 Å². The Morgan fingerprint density at radius 1 is 1.47 bits per heavy atom. The van der Waals surface area contributed by atoms with E-state index in [0.717, 1.165) is 0 Å². The molecule has 0 bridgehead atoms. The smallest absolute Gasteiger partial charge is 0.240 e. The van der Waals surface area contributed by atoms with Gasteiger partial charge < -0.3 is 14.8 Å². The first-order chi connectivity index (χ1) is 6.77. The Hall–Kier alpha value is -1.13. The zero-order chi connectivity index (χ0) is 9.97. The van der Waals surface area contributed by atoms with Crippen LogP contribution < -0.4 is 14.8 Å². The zero-order valence-electron chi connectivity index (χ0n) is 7.66. The van der Waals surface area contributed by atoms with Crippen LogP contribution in [0.1, 0.15) is 0 Å². The van der Waals surface area contributed by atoms with Crippen LogP contribution in [-0.4, -0.2) is 18.6 Å². The van der Waals surface area contributed by atoms with Gasteiger partial charge in [0, 0.05) is 0 Å². The van der Waals surface area contributed by atoms with Gasteiger partial charge in [0.15, 0.2) is 11.5 Å². The second-order valence-corrected chi connectivity index (χ2v) is 3.17. The largest absolute Gasteiger partial charge is 0.454 e. The molecule has 1 aliphatic heterocycles. The number of rotatable bonds is 3. The molecule has 0 saturated carbocycles. The molecular weight excluding hydrogens is 241 g/mol. The molecule has 1 aromatic carbocycles. The highest BCUT2D eigenvalue weighted by Crippen LogP contribution is 2.38. The lowest BCUT2D eigenvalue weighted by Crippen LogP contribution is -2.08. The number of para-hydroxylation sites is 1. The Bertz CT molecular complexity index is 370. The maximum atomic E-state index is 10.5. The molecule has 0 radical (unpaired) electrons. The van der Waals surface area contributed by atoms with Gasteiger partial charge in [-0.25, -0.2) is 0 Å². The summed E-state index contributed by atoms with van der Waals surface area (Å²) in [4.78, 5) is 10.5. The van der Waals surface area contributed by atoms with Crippen molar-refractivity contribution in [1.82, 2.24) is 0 Å². The lowest BCUT2D eigenvalue weighted by atomic mass is 10.2. The predicted octanol–water partition coefficient (Wildman–Crippen LogP) is 2.01. The van der Waals surface area contributed by atoms with Gasteiger partial charge in [0.1, 0.15) is 0 Å². The fraction of sp³-hybridized carbons (Fsp3) is 0.222. The third-order valence-corrected chi connectivity index (χ3v) is 1.95. The molecule has 0 saturated heterocycles. The third-order valence-electron chi connectivity index (χ3n) is 1.81. The Labute approximate surface area is 97.9 Å². The number of anilines is 1. The maximum Gasteiger partial charge on any atom is 0.240 e.